The Hall–Kier alpha value is -1.83. The van der Waals surface area contributed by atoms with Crippen molar-refractivity contribution in [2.24, 2.45) is 5.73 Å². The van der Waals surface area contributed by atoms with Gasteiger partial charge in [-0.25, -0.2) is 9.59 Å². The van der Waals surface area contributed by atoms with Gasteiger partial charge in [-0.3, -0.25) is 4.79 Å². The molecule has 8 nitrogen and oxygen atoms in total. The summed E-state index contributed by atoms with van der Waals surface area (Å²) in [6.07, 6.45) is 1.71. The van der Waals surface area contributed by atoms with Gasteiger partial charge in [0, 0.05) is 6.04 Å². The maximum absolute atomic E-state index is 11.6. The first kappa shape index (κ1) is 15.2. The number of primary amides is 1. The molecule has 1 atom stereocenters. The maximum atomic E-state index is 11.6. The van der Waals surface area contributed by atoms with Gasteiger partial charge in [0.1, 0.15) is 6.04 Å². The van der Waals surface area contributed by atoms with E-state index in [2.05, 4.69) is 10.6 Å². The Morgan fingerprint density at radius 1 is 1.21 bits per heavy atom. The number of carboxylic acid groups (broad SMARTS) is 1. The third-order valence-corrected chi connectivity index (χ3v) is 3.04. The Morgan fingerprint density at radius 2 is 1.79 bits per heavy atom. The summed E-state index contributed by atoms with van der Waals surface area (Å²) in [6.45, 7) is 0. The number of aliphatic carboxylic acids is 1. The highest BCUT2D eigenvalue weighted by Crippen LogP contribution is 2.18. The van der Waals surface area contributed by atoms with Crippen LogP contribution < -0.4 is 16.4 Å². The minimum atomic E-state index is -1.33. The van der Waals surface area contributed by atoms with Crippen LogP contribution in [-0.4, -0.2) is 46.3 Å². The fraction of sp³-hybridized carbons (Fsp3) is 0.727. The molecule has 1 aliphatic carbocycles. The van der Waals surface area contributed by atoms with Gasteiger partial charge in [0.15, 0.2) is 0 Å². The fourth-order valence-electron chi connectivity index (χ4n) is 2.01. The van der Waals surface area contributed by atoms with Crippen LogP contribution in [0.5, 0.6) is 0 Å². The number of aliphatic hydroxyl groups is 1. The van der Waals surface area contributed by atoms with Crippen LogP contribution in [0, 0.1) is 0 Å². The monoisotopic (exact) mass is 273 g/mol. The quantitative estimate of drug-likeness (QED) is 0.433. The molecule has 0 aromatic heterocycles. The Bertz CT molecular complexity index is 352. The molecule has 6 N–H and O–H groups in total. The van der Waals surface area contributed by atoms with Gasteiger partial charge in [0.2, 0.25) is 5.91 Å². The zero-order valence-corrected chi connectivity index (χ0v) is 10.5. The van der Waals surface area contributed by atoms with Crippen molar-refractivity contribution < 1.29 is 24.6 Å². The molecule has 1 rings (SSSR count). The molecule has 1 aliphatic rings. The van der Waals surface area contributed by atoms with E-state index in [0.29, 0.717) is 25.7 Å². The Balaban J connectivity index is 2.40. The summed E-state index contributed by atoms with van der Waals surface area (Å²) >= 11 is 0. The molecule has 0 heterocycles. The van der Waals surface area contributed by atoms with Crippen LogP contribution in [-0.2, 0) is 9.59 Å². The number of carbonyl (C=O) groups excluding carboxylic acids is 2. The van der Waals surface area contributed by atoms with Crippen molar-refractivity contribution in [3.63, 3.8) is 0 Å². The van der Waals surface area contributed by atoms with Gasteiger partial charge in [-0.15, -0.1) is 0 Å². The number of hydrogen-bond acceptors (Lipinski definition) is 4. The lowest BCUT2D eigenvalue weighted by Gasteiger charge is -2.26. The molecule has 108 valence electrons. The van der Waals surface area contributed by atoms with Crippen molar-refractivity contribution in [3.8, 4) is 0 Å². The molecular formula is C11H19N3O5. The number of hydrogen-bond donors (Lipinski definition) is 5. The first-order valence-electron chi connectivity index (χ1n) is 6.14. The number of aliphatic hydroxyl groups excluding tert-OH is 1. The predicted molar refractivity (Wildman–Crippen MR) is 65.2 cm³/mol. The van der Waals surface area contributed by atoms with Gasteiger partial charge < -0.3 is 26.6 Å². The van der Waals surface area contributed by atoms with E-state index in [0.717, 1.165) is 0 Å². The summed E-state index contributed by atoms with van der Waals surface area (Å²) in [6, 6.07) is -2.06. The van der Waals surface area contributed by atoms with Crippen molar-refractivity contribution in [1.29, 1.82) is 0 Å². The molecule has 1 fully saturated rings. The van der Waals surface area contributed by atoms with Crippen molar-refractivity contribution in [3.05, 3.63) is 0 Å². The zero-order valence-electron chi connectivity index (χ0n) is 10.5. The molecule has 0 radical (unpaired) electrons. The third kappa shape index (κ3) is 5.56. The molecule has 1 saturated carbocycles. The van der Waals surface area contributed by atoms with Crippen molar-refractivity contribution in [2.45, 2.75) is 50.3 Å². The second-order valence-electron chi connectivity index (χ2n) is 4.68. The molecular weight excluding hydrogens is 254 g/mol. The number of nitrogens with one attached hydrogen (secondary N) is 2. The van der Waals surface area contributed by atoms with Gasteiger partial charge in [-0.05, 0) is 25.7 Å². The lowest BCUT2D eigenvalue weighted by molar-refractivity contribution is -0.140. The summed E-state index contributed by atoms with van der Waals surface area (Å²) in [5, 5.41) is 23.0. The highest BCUT2D eigenvalue weighted by Gasteiger charge is 2.25. The normalized spacial score (nSPS) is 24.3. The van der Waals surface area contributed by atoms with Gasteiger partial charge in [0.05, 0.1) is 12.5 Å². The van der Waals surface area contributed by atoms with Crippen molar-refractivity contribution in [1.82, 2.24) is 10.6 Å². The van der Waals surface area contributed by atoms with E-state index < -0.39 is 30.4 Å². The van der Waals surface area contributed by atoms with E-state index in [1.54, 1.807) is 0 Å². The largest absolute Gasteiger partial charge is 0.480 e. The van der Waals surface area contributed by atoms with Crippen LogP contribution in [0.2, 0.25) is 0 Å². The Kier molecular flexibility index (Phi) is 5.56. The van der Waals surface area contributed by atoms with Gasteiger partial charge in [-0.1, -0.05) is 0 Å². The molecule has 1 unspecified atom stereocenters. The maximum Gasteiger partial charge on any atom is 0.326 e. The topological polar surface area (TPSA) is 142 Å². The molecule has 8 heteroatoms. The molecule has 0 saturated heterocycles. The minimum absolute atomic E-state index is 0.0913. The fourth-order valence-corrected chi connectivity index (χ4v) is 2.01. The number of carbonyl (C=O) groups is 3. The second kappa shape index (κ2) is 6.93. The summed E-state index contributed by atoms with van der Waals surface area (Å²) in [7, 11) is 0. The Morgan fingerprint density at radius 3 is 2.26 bits per heavy atom. The molecule has 0 spiro atoms. The number of urea groups is 1. The SMILES string of the molecule is NC(=O)CC(NC(=O)NC1CCC(O)CC1)C(=O)O. The number of nitrogens with two attached hydrogens (primary N) is 1. The molecule has 0 aromatic carbocycles. The van der Waals surface area contributed by atoms with Crippen molar-refractivity contribution in [2.75, 3.05) is 0 Å². The van der Waals surface area contributed by atoms with Crippen LogP contribution in [0.25, 0.3) is 0 Å². The van der Waals surface area contributed by atoms with Crippen LogP contribution in [0.4, 0.5) is 4.79 Å². The molecule has 0 aliphatic heterocycles. The van der Waals surface area contributed by atoms with E-state index in [-0.39, 0.29) is 12.1 Å². The molecule has 3 amide bonds. The standard InChI is InChI=1S/C11H19N3O5/c12-9(16)5-8(10(17)18)14-11(19)13-6-1-3-7(15)4-2-6/h6-8,15H,1-5H2,(H2,12,16)(H,17,18)(H2,13,14,19). The zero-order chi connectivity index (χ0) is 14.4. The Labute approximate surface area is 110 Å². The minimum Gasteiger partial charge on any atom is -0.480 e. The smallest absolute Gasteiger partial charge is 0.326 e. The molecule has 0 aromatic rings. The molecule has 19 heavy (non-hydrogen) atoms. The van der Waals surface area contributed by atoms with Crippen LogP contribution in [0.15, 0.2) is 0 Å². The van der Waals surface area contributed by atoms with Gasteiger partial charge in [0.25, 0.3) is 0 Å². The average molecular weight is 273 g/mol. The summed E-state index contributed by atoms with van der Waals surface area (Å²) < 4.78 is 0. The van der Waals surface area contributed by atoms with E-state index in [9.17, 15) is 19.5 Å². The lowest BCUT2D eigenvalue weighted by atomic mass is 9.93. The number of rotatable bonds is 5. The highest BCUT2D eigenvalue weighted by atomic mass is 16.4. The van der Waals surface area contributed by atoms with Gasteiger partial charge in [-0.2, -0.15) is 0 Å². The lowest BCUT2D eigenvalue weighted by Crippen LogP contribution is -2.50. The first-order valence-corrected chi connectivity index (χ1v) is 6.14. The van der Waals surface area contributed by atoms with Crippen LogP contribution in [0.1, 0.15) is 32.1 Å². The highest BCUT2D eigenvalue weighted by molar-refractivity contribution is 5.87. The van der Waals surface area contributed by atoms with Crippen LogP contribution >= 0.6 is 0 Å². The number of carboxylic acids is 1. The average Bonchev–Trinajstić information content (AvgIpc) is 2.30. The van der Waals surface area contributed by atoms with Gasteiger partial charge >= 0.3 is 12.0 Å². The first-order chi connectivity index (χ1) is 8.88. The summed E-state index contributed by atoms with van der Waals surface area (Å²) in [5.74, 6) is -2.11. The number of amides is 3. The third-order valence-electron chi connectivity index (χ3n) is 3.04. The van der Waals surface area contributed by atoms with Crippen molar-refractivity contribution >= 4 is 17.9 Å². The van der Waals surface area contributed by atoms with Crippen LogP contribution in [0.3, 0.4) is 0 Å². The second-order valence-corrected chi connectivity index (χ2v) is 4.68. The van der Waals surface area contributed by atoms with E-state index in [1.165, 1.54) is 0 Å². The summed E-state index contributed by atoms with van der Waals surface area (Å²) in [5.41, 5.74) is 4.90. The van der Waals surface area contributed by atoms with E-state index in [1.807, 2.05) is 0 Å². The van der Waals surface area contributed by atoms with E-state index >= 15 is 0 Å². The van der Waals surface area contributed by atoms with E-state index in [4.69, 9.17) is 10.8 Å². The predicted octanol–water partition coefficient (Wildman–Crippen LogP) is -1.08. The molecule has 0 bridgehead atoms. The summed E-state index contributed by atoms with van der Waals surface area (Å²) in [4.78, 5) is 33.1.